The summed E-state index contributed by atoms with van der Waals surface area (Å²) in [5, 5.41) is 0. The van der Waals surface area contributed by atoms with Gasteiger partial charge in [-0.2, -0.15) is 0 Å². The van der Waals surface area contributed by atoms with Crippen LogP contribution in [0.1, 0.15) is 13.8 Å². The summed E-state index contributed by atoms with van der Waals surface area (Å²) in [4.78, 5) is 21.6. The maximum Gasteiger partial charge on any atom is 0.330 e. The van der Waals surface area contributed by atoms with Crippen LogP contribution in [0.25, 0.3) is 0 Å². The molecule has 0 saturated heterocycles. The van der Waals surface area contributed by atoms with Gasteiger partial charge in [-0.25, -0.2) is 9.59 Å². The first-order valence-electron chi connectivity index (χ1n) is 5.23. The molecule has 0 aliphatic heterocycles. The van der Waals surface area contributed by atoms with Crippen LogP contribution in [0.15, 0.2) is 25.3 Å². The highest BCUT2D eigenvalue weighted by Crippen LogP contribution is 1.99. The van der Waals surface area contributed by atoms with Crippen molar-refractivity contribution >= 4 is 11.9 Å². The SMILES string of the molecule is C=CC(=O)OC[C@H](C)OC[C@H](C)OC(=O)C=C. The van der Waals surface area contributed by atoms with Crippen LogP contribution in [0.5, 0.6) is 0 Å². The van der Waals surface area contributed by atoms with E-state index in [1.54, 1.807) is 13.8 Å². The lowest BCUT2D eigenvalue weighted by molar-refractivity contribution is -0.148. The van der Waals surface area contributed by atoms with E-state index >= 15 is 0 Å². The molecule has 0 unspecified atom stereocenters. The summed E-state index contributed by atoms with van der Waals surface area (Å²) in [5.74, 6) is -0.988. The molecular formula is C12H18O5. The second-order valence-corrected chi connectivity index (χ2v) is 3.43. The average Bonchev–Trinajstić information content (AvgIpc) is 2.32. The zero-order valence-electron chi connectivity index (χ0n) is 10.2. The molecule has 0 aromatic heterocycles. The first-order valence-corrected chi connectivity index (χ1v) is 5.23. The highest BCUT2D eigenvalue weighted by Gasteiger charge is 2.10. The quantitative estimate of drug-likeness (QED) is 0.473. The van der Waals surface area contributed by atoms with Gasteiger partial charge in [0.25, 0.3) is 0 Å². The second kappa shape index (κ2) is 8.52. The first-order chi connectivity index (χ1) is 7.99. The predicted octanol–water partition coefficient (Wildman–Crippen LogP) is 1.24. The Morgan fingerprint density at radius 3 is 2.18 bits per heavy atom. The van der Waals surface area contributed by atoms with E-state index in [9.17, 15) is 9.59 Å². The Balaban J connectivity index is 3.71. The van der Waals surface area contributed by atoms with Crippen molar-refractivity contribution in [2.24, 2.45) is 0 Å². The largest absolute Gasteiger partial charge is 0.460 e. The molecule has 0 N–H and O–H groups in total. The maximum absolute atomic E-state index is 10.8. The van der Waals surface area contributed by atoms with E-state index in [2.05, 4.69) is 13.2 Å². The fourth-order valence-corrected chi connectivity index (χ4v) is 0.887. The van der Waals surface area contributed by atoms with Crippen molar-refractivity contribution in [3.63, 3.8) is 0 Å². The summed E-state index contributed by atoms with van der Waals surface area (Å²) < 4.78 is 15.0. The number of esters is 2. The molecule has 0 aliphatic carbocycles. The molecular weight excluding hydrogens is 224 g/mol. The number of rotatable bonds is 8. The summed E-state index contributed by atoms with van der Waals surface area (Å²) in [6.45, 7) is 10.4. The van der Waals surface area contributed by atoms with E-state index < -0.39 is 11.9 Å². The van der Waals surface area contributed by atoms with Crippen molar-refractivity contribution in [1.29, 1.82) is 0 Å². The zero-order chi connectivity index (χ0) is 13.3. The summed E-state index contributed by atoms with van der Waals surface area (Å²) in [7, 11) is 0. The number of hydrogen-bond acceptors (Lipinski definition) is 5. The van der Waals surface area contributed by atoms with Gasteiger partial charge in [0, 0.05) is 12.2 Å². The molecule has 0 heterocycles. The molecule has 5 nitrogen and oxygen atoms in total. The van der Waals surface area contributed by atoms with Gasteiger partial charge in [0.15, 0.2) is 0 Å². The monoisotopic (exact) mass is 242 g/mol. The molecule has 2 atom stereocenters. The van der Waals surface area contributed by atoms with Crippen LogP contribution in [0.2, 0.25) is 0 Å². The zero-order valence-corrected chi connectivity index (χ0v) is 10.2. The Kier molecular flexibility index (Phi) is 7.71. The van der Waals surface area contributed by atoms with Crippen molar-refractivity contribution in [1.82, 2.24) is 0 Å². The van der Waals surface area contributed by atoms with Gasteiger partial charge in [-0.1, -0.05) is 13.2 Å². The third kappa shape index (κ3) is 8.21. The van der Waals surface area contributed by atoms with Gasteiger partial charge in [0.2, 0.25) is 0 Å². The Bertz CT molecular complexity index is 285. The Morgan fingerprint density at radius 2 is 1.65 bits per heavy atom. The van der Waals surface area contributed by atoms with E-state index in [1.807, 2.05) is 0 Å². The van der Waals surface area contributed by atoms with E-state index in [0.717, 1.165) is 12.2 Å². The average molecular weight is 242 g/mol. The molecule has 0 amide bonds. The standard InChI is InChI=1S/C12H18O5/c1-5-11(13)16-7-9(3)15-8-10(4)17-12(14)6-2/h5-6,9-10H,1-2,7-8H2,3-4H3/t9-,10-/m0/s1. The molecule has 5 heteroatoms. The molecule has 0 spiro atoms. The van der Waals surface area contributed by atoms with Crippen molar-refractivity contribution in [2.45, 2.75) is 26.1 Å². The summed E-state index contributed by atoms with van der Waals surface area (Å²) in [6.07, 6.45) is 1.52. The Hall–Kier alpha value is -1.62. The van der Waals surface area contributed by atoms with Crippen LogP contribution in [-0.4, -0.2) is 37.4 Å². The van der Waals surface area contributed by atoms with Crippen LogP contribution in [0.3, 0.4) is 0 Å². The topological polar surface area (TPSA) is 61.8 Å². The van der Waals surface area contributed by atoms with Crippen LogP contribution < -0.4 is 0 Å². The molecule has 0 rings (SSSR count). The van der Waals surface area contributed by atoms with E-state index in [-0.39, 0.29) is 25.4 Å². The van der Waals surface area contributed by atoms with Crippen molar-refractivity contribution < 1.29 is 23.8 Å². The van der Waals surface area contributed by atoms with Crippen molar-refractivity contribution in [2.75, 3.05) is 13.2 Å². The van der Waals surface area contributed by atoms with Gasteiger partial charge in [-0.3, -0.25) is 0 Å². The molecule has 0 bridgehead atoms. The fourth-order valence-electron chi connectivity index (χ4n) is 0.887. The lowest BCUT2D eigenvalue weighted by atomic mass is 10.4. The van der Waals surface area contributed by atoms with Gasteiger partial charge in [-0.15, -0.1) is 0 Å². The maximum atomic E-state index is 10.8. The minimum Gasteiger partial charge on any atom is -0.460 e. The first kappa shape index (κ1) is 15.4. The molecule has 0 aliphatic rings. The molecule has 17 heavy (non-hydrogen) atoms. The highest BCUT2D eigenvalue weighted by atomic mass is 16.6. The lowest BCUT2D eigenvalue weighted by Gasteiger charge is -2.16. The lowest BCUT2D eigenvalue weighted by Crippen LogP contribution is -2.25. The summed E-state index contributed by atoms with van der Waals surface area (Å²) >= 11 is 0. The minimum absolute atomic E-state index is 0.132. The number of carbonyl (C=O) groups excluding carboxylic acids is 2. The molecule has 0 fully saturated rings. The highest BCUT2D eigenvalue weighted by molar-refractivity contribution is 5.81. The summed E-state index contributed by atoms with van der Waals surface area (Å²) in [6, 6.07) is 0. The van der Waals surface area contributed by atoms with Gasteiger partial charge in [-0.05, 0) is 13.8 Å². The van der Waals surface area contributed by atoms with E-state index in [4.69, 9.17) is 14.2 Å². The van der Waals surface area contributed by atoms with E-state index in [1.165, 1.54) is 0 Å². The second-order valence-electron chi connectivity index (χ2n) is 3.43. The normalized spacial score (nSPS) is 13.3. The van der Waals surface area contributed by atoms with Gasteiger partial charge >= 0.3 is 11.9 Å². The smallest absolute Gasteiger partial charge is 0.330 e. The van der Waals surface area contributed by atoms with E-state index in [0.29, 0.717) is 0 Å². The van der Waals surface area contributed by atoms with Crippen LogP contribution >= 0.6 is 0 Å². The predicted molar refractivity (Wildman–Crippen MR) is 62.3 cm³/mol. The van der Waals surface area contributed by atoms with Gasteiger partial charge in [0.05, 0.1) is 12.7 Å². The Morgan fingerprint density at radius 1 is 1.06 bits per heavy atom. The number of hydrogen-bond donors (Lipinski definition) is 0. The number of ether oxygens (including phenoxy) is 3. The van der Waals surface area contributed by atoms with Crippen LogP contribution in [0, 0.1) is 0 Å². The van der Waals surface area contributed by atoms with Crippen molar-refractivity contribution in [3.05, 3.63) is 25.3 Å². The molecule has 0 aromatic carbocycles. The molecule has 0 aromatic rings. The van der Waals surface area contributed by atoms with Crippen LogP contribution in [0.4, 0.5) is 0 Å². The third-order valence-corrected chi connectivity index (χ3v) is 1.73. The van der Waals surface area contributed by atoms with Crippen molar-refractivity contribution in [3.8, 4) is 0 Å². The minimum atomic E-state index is -0.494. The third-order valence-electron chi connectivity index (χ3n) is 1.73. The van der Waals surface area contributed by atoms with Gasteiger partial charge < -0.3 is 14.2 Å². The Labute approximate surface area is 101 Å². The van der Waals surface area contributed by atoms with Crippen LogP contribution in [-0.2, 0) is 23.8 Å². The fraction of sp³-hybridized carbons (Fsp3) is 0.500. The van der Waals surface area contributed by atoms with Gasteiger partial charge in [0.1, 0.15) is 12.7 Å². The molecule has 96 valence electrons. The molecule has 0 radical (unpaired) electrons. The summed E-state index contributed by atoms with van der Waals surface area (Å²) in [5.41, 5.74) is 0. The number of carbonyl (C=O) groups is 2. The molecule has 0 saturated carbocycles.